The van der Waals surface area contributed by atoms with Gasteiger partial charge in [0.2, 0.25) is 5.91 Å². The van der Waals surface area contributed by atoms with Crippen molar-refractivity contribution in [3.05, 3.63) is 17.5 Å². The fraction of sp³-hybridized carbons (Fsp3) is 0.733. The monoisotopic (exact) mass is 279 g/mol. The molecule has 5 heteroatoms. The summed E-state index contributed by atoms with van der Waals surface area (Å²) in [6.45, 7) is 6.03. The second-order valence-electron chi connectivity index (χ2n) is 6.05. The molecule has 1 unspecified atom stereocenters. The Bertz CT molecular complexity index is 475. The first-order chi connectivity index (χ1) is 9.41. The molecule has 0 aromatic carbocycles. The summed E-state index contributed by atoms with van der Waals surface area (Å²) in [5, 5.41) is 17.6. The number of nitrogens with one attached hydrogen (secondary N) is 1. The van der Waals surface area contributed by atoms with Gasteiger partial charge in [0.1, 0.15) is 6.04 Å². The van der Waals surface area contributed by atoms with Crippen LogP contribution in [-0.4, -0.2) is 32.9 Å². The highest BCUT2D eigenvalue weighted by atomic mass is 16.3. The predicted octanol–water partition coefficient (Wildman–Crippen LogP) is 1.87. The predicted molar refractivity (Wildman–Crippen MR) is 77.5 cm³/mol. The van der Waals surface area contributed by atoms with Crippen LogP contribution < -0.4 is 5.32 Å². The van der Waals surface area contributed by atoms with Crippen LogP contribution in [0.3, 0.4) is 0 Å². The van der Waals surface area contributed by atoms with Crippen LogP contribution in [0.1, 0.15) is 56.5 Å². The van der Waals surface area contributed by atoms with E-state index in [0.29, 0.717) is 6.54 Å². The van der Waals surface area contributed by atoms with Crippen LogP contribution in [-0.2, 0) is 4.79 Å². The Balaban J connectivity index is 1.93. The van der Waals surface area contributed by atoms with E-state index in [2.05, 4.69) is 10.4 Å². The molecule has 1 amide bonds. The van der Waals surface area contributed by atoms with Gasteiger partial charge in [0.15, 0.2) is 0 Å². The van der Waals surface area contributed by atoms with Gasteiger partial charge < -0.3 is 10.4 Å². The number of aryl methyl sites for hydroxylation is 2. The van der Waals surface area contributed by atoms with Gasteiger partial charge in [0, 0.05) is 12.2 Å². The number of aromatic nitrogens is 2. The maximum absolute atomic E-state index is 12.2. The number of nitrogens with zero attached hydrogens (tertiary/aromatic N) is 2. The molecule has 0 aliphatic heterocycles. The van der Waals surface area contributed by atoms with Crippen LogP contribution in [0.5, 0.6) is 0 Å². The molecule has 1 aromatic heterocycles. The number of rotatable bonds is 4. The van der Waals surface area contributed by atoms with Gasteiger partial charge in [-0.05, 0) is 39.7 Å². The van der Waals surface area contributed by atoms with Crippen LogP contribution in [0.2, 0.25) is 0 Å². The van der Waals surface area contributed by atoms with E-state index in [4.69, 9.17) is 0 Å². The summed E-state index contributed by atoms with van der Waals surface area (Å²) in [7, 11) is 0. The van der Waals surface area contributed by atoms with Crippen LogP contribution in [0, 0.1) is 13.8 Å². The first kappa shape index (κ1) is 15.0. The molecule has 5 nitrogen and oxygen atoms in total. The minimum absolute atomic E-state index is 0.0878. The second kappa shape index (κ2) is 5.95. The molecule has 2 N–H and O–H groups in total. The molecule has 0 bridgehead atoms. The highest BCUT2D eigenvalue weighted by molar-refractivity contribution is 5.79. The summed E-state index contributed by atoms with van der Waals surface area (Å²) in [5.74, 6) is -0.0878. The van der Waals surface area contributed by atoms with E-state index < -0.39 is 5.60 Å². The fourth-order valence-electron chi connectivity index (χ4n) is 2.94. The van der Waals surface area contributed by atoms with Crippen LogP contribution in [0.4, 0.5) is 0 Å². The molecular formula is C15H25N3O2. The first-order valence-electron chi connectivity index (χ1n) is 7.44. The van der Waals surface area contributed by atoms with Crippen molar-refractivity contribution < 1.29 is 9.90 Å². The van der Waals surface area contributed by atoms with E-state index in [0.717, 1.165) is 37.1 Å². The molecule has 0 radical (unpaired) electrons. The standard InChI is InChI=1S/C15H25N3O2/c1-11-9-12(2)18(17-11)13(3)14(19)16-10-15(20)7-5-4-6-8-15/h9,13,20H,4-8,10H2,1-3H3,(H,16,19). The van der Waals surface area contributed by atoms with Gasteiger partial charge in [0.05, 0.1) is 11.3 Å². The zero-order chi connectivity index (χ0) is 14.8. The van der Waals surface area contributed by atoms with E-state index >= 15 is 0 Å². The Morgan fingerprint density at radius 3 is 2.65 bits per heavy atom. The Kier molecular flexibility index (Phi) is 4.48. The Morgan fingerprint density at radius 1 is 1.45 bits per heavy atom. The summed E-state index contributed by atoms with van der Waals surface area (Å²) in [6, 6.07) is 1.61. The van der Waals surface area contributed by atoms with Crippen molar-refractivity contribution in [2.75, 3.05) is 6.54 Å². The van der Waals surface area contributed by atoms with Crippen molar-refractivity contribution in [1.29, 1.82) is 0 Å². The normalized spacial score (nSPS) is 19.6. The second-order valence-corrected chi connectivity index (χ2v) is 6.05. The topological polar surface area (TPSA) is 67.2 Å². The molecular weight excluding hydrogens is 254 g/mol. The molecule has 1 fully saturated rings. The summed E-state index contributed by atoms with van der Waals surface area (Å²) in [6.07, 6.45) is 4.82. The largest absolute Gasteiger partial charge is 0.388 e. The lowest BCUT2D eigenvalue weighted by atomic mass is 9.85. The smallest absolute Gasteiger partial charge is 0.244 e. The van der Waals surface area contributed by atoms with Crippen molar-refractivity contribution in [2.24, 2.45) is 0 Å². The summed E-state index contributed by atoms with van der Waals surface area (Å²) in [4.78, 5) is 12.2. The van der Waals surface area contributed by atoms with Gasteiger partial charge in [-0.15, -0.1) is 0 Å². The van der Waals surface area contributed by atoms with E-state index in [9.17, 15) is 9.90 Å². The summed E-state index contributed by atoms with van der Waals surface area (Å²) < 4.78 is 1.73. The van der Waals surface area contributed by atoms with Gasteiger partial charge >= 0.3 is 0 Å². The molecule has 1 atom stereocenters. The van der Waals surface area contributed by atoms with Crippen molar-refractivity contribution >= 4 is 5.91 Å². The molecule has 112 valence electrons. The number of hydrogen-bond donors (Lipinski definition) is 2. The van der Waals surface area contributed by atoms with Gasteiger partial charge in [-0.25, -0.2) is 0 Å². The molecule has 2 rings (SSSR count). The third kappa shape index (κ3) is 3.39. The average molecular weight is 279 g/mol. The number of hydrogen-bond acceptors (Lipinski definition) is 3. The lowest BCUT2D eigenvalue weighted by Crippen LogP contribution is -2.45. The summed E-state index contributed by atoms with van der Waals surface area (Å²) in [5.41, 5.74) is 1.16. The minimum Gasteiger partial charge on any atom is -0.388 e. The molecule has 20 heavy (non-hydrogen) atoms. The lowest BCUT2D eigenvalue weighted by molar-refractivity contribution is -0.125. The third-order valence-electron chi connectivity index (χ3n) is 4.17. The minimum atomic E-state index is -0.720. The van der Waals surface area contributed by atoms with Gasteiger partial charge in [-0.1, -0.05) is 19.3 Å². The zero-order valence-electron chi connectivity index (χ0n) is 12.6. The molecule has 1 aromatic rings. The van der Waals surface area contributed by atoms with Gasteiger partial charge in [-0.3, -0.25) is 9.48 Å². The molecule has 0 saturated heterocycles. The van der Waals surface area contributed by atoms with Gasteiger partial charge in [-0.2, -0.15) is 5.10 Å². The van der Waals surface area contributed by atoms with E-state index in [-0.39, 0.29) is 11.9 Å². The Hall–Kier alpha value is -1.36. The molecule has 1 aliphatic rings. The summed E-state index contributed by atoms with van der Waals surface area (Å²) >= 11 is 0. The highest BCUT2D eigenvalue weighted by Gasteiger charge is 2.30. The van der Waals surface area contributed by atoms with Crippen LogP contribution >= 0.6 is 0 Å². The maximum atomic E-state index is 12.2. The van der Waals surface area contributed by atoms with E-state index in [1.807, 2.05) is 26.8 Å². The molecule has 1 saturated carbocycles. The number of amides is 1. The van der Waals surface area contributed by atoms with E-state index in [1.54, 1.807) is 4.68 Å². The number of aliphatic hydroxyl groups is 1. The number of carbonyl (C=O) groups is 1. The highest BCUT2D eigenvalue weighted by Crippen LogP contribution is 2.27. The van der Waals surface area contributed by atoms with E-state index in [1.165, 1.54) is 6.42 Å². The lowest BCUT2D eigenvalue weighted by Gasteiger charge is -2.32. The zero-order valence-corrected chi connectivity index (χ0v) is 12.6. The van der Waals surface area contributed by atoms with Crippen molar-refractivity contribution in [3.8, 4) is 0 Å². The number of carbonyl (C=O) groups excluding carboxylic acids is 1. The van der Waals surface area contributed by atoms with Crippen molar-refractivity contribution in [2.45, 2.75) is 64.5 Å². The quantitative estimate of drug-likeness (QED) is 0.884. The van der Waals surface area contributed by atoms with Crippen LogP contribution in [0.15, 0.2) is 6.07 Å². The molecule has 1 aliphatic carbocycles. The Labute approximate surface area is 120 Å². The SMILES string of the molecule is Cc1cc(C)n(C(C)C(=O)NCC2(O)CCCCC2)n1. The van der Waals surface area contributed by atoms with Crippen molar-refractivity contribution in [3.63, 3.8) is 0 Å². The molecule has 1 heterocycles. The average Bonchev–Trinajstić information content (AvgIpc) is 2.75. The fourth-order valence-corrected chi connectivity index (χ4v) is 2.94. The molecule has 0 spiro atoms. The van der Waals surface area contributed by atoms with Crippen LogP contribution in [0.25, 0.3) is 0 Å². The van der Waals surface area contributed by atoms with Crippen molar-refractivity contribution in [1.82, 2.24) is 15.1 Å². The third-order valence-corrected chi connectivity index (χ3v) is 4.17. The maximum Gasteiger partial charge on any atom is 0.244 e. The first-order valence-corrected chi connectivity index (χ1v) is 7.44. The van der Waals surface area contributed by atoms with Gasteiger partial charge in [0.25, 0.3) is 0 Å². The Morgan fingerprint density at radius 2 is 2.10 bits per heavy atom.